The van der Waals surface area contributed by atoms with Gasteiger partial charge in [-0.3, -0.25) is 4.79 Å². The van der Waals surface area contributed by atoms with Crippen molar-refractivity contribution in [2.24, 2.45) is 0 Å². The maximum Gasteiger partial charge on any atom is 0.220 e. The van der Waals surface area contributed by atoms with Crippen LogP contribution in [0.25, 0.3) is 11.3 Å². The van der Waals surface area contributed by atoms with Crippen molar-refractivity contribution in [1.29, 1.82) is 0 Å². The Bertz CT molecular complexity index is 864. The molecule has 5 nitrogen and oxygen atoms in total. The number of furan rings is 1. The average molecular weight is 365 g/mol. The van der Waals surface area contributed by atoms with Crippen LogP contribution in [-0.2, 0) is 17.8 Å². The number of hydrogen-bond acceptors (Lipinski definition) is 4. The highest BCUT2D eigenvalue weighted by molar-refractivity contribution is 5.76. The van der Waals surface area contributed by atoms with Gasteiger partial charge >= 0.3 is 0 Å². The number of rotatable bonds is 8. The summed E-state index contributed by atoms with van der Waals surface area (Å²) < 4.78 is 16.3. The second-order valence-electron chi connectivity index (χ2n) is 6.13. The van der Waals surface area contributed by atoms with Crippen LogP contribution in [-0.4, -0.2) is 20.1 Å². The van der Waals surface area contributed by atoms with Crippen molar-refractivity contribution < 1.29 is 18.7 Å². The van der Waals surface area contributed by atoms with E-state index < -0.39 is 0 Å². The van der Waals surface area contributed by atoms with Gasteiger partial charge in [0.2, 0.25) is 5.91 Å². The molecule has 0 aliphatic heterocycles. The lowest BCUT2D eigenvalue weighted by Gasteiger charge is -2.09. The van der Waals surface area contributed by atoms with Crippen molar-refractivity contribution in [2.75, 3.05) is 14.2 Å². The number of aryl methyl sites for hydroxylation is 1. The van der Waals surface area contributed by atoms with Gasteiger partial charge in [0.1, 0.15) is 23.0 Å². The zero-order valence-electron chi connectivity index (χ0n) is 15.5. The lowest BCUT2D eigenvalue weighted by Crippen LogP contribution is -2.23. The molecular formula is C22H23NO4. The van der Waals surface area contributed by atoms with E-state index in [1.54, 1.807) is 20.3 Å². The van der Waals surface area contributed by atoms with Crippen LogP contribution in [0.3, 0.4) is 0 Å². The summed E-state index contributed by atoms with van der Waals surface area (Å²) in [5.41, 5.74) is 1.95. The monoisotopic (exact) mass is 365 g/mol. The van der Waals surface area contributed by atoms with Crippen molar-refractivity contribution in [1.82, 2.24) is 5.32 Å². The predicted octanol–water partition coefficient (Wildman–Crippen LogP) is 4.21. The first-order chi connectivity index (χ1) is 13.2. The molecule has 140 valence electrons. The molecular weight excluding hydrogens is 342 g/mol. The van der Waals surface area contributed by atoms with Gasteiger partial charge in [-0.1, -0.05) is 30.3 Å². The lowest BCUT2D eigenvalue weighted by atomic mass is 10.2. The molecule has 27 heavy (non-hydrogen) atoms. The van der Waals surface area contributed by atoms with Crippen molar-refractivity contribution in [2.45, 2.75) is 19.4 Å². The number of ether oxygens (including phenoxy) is 2. The summed E-state index contributed by atoms with van der Waals surface area (Å²) in [4.78, 5) is 12.2. The smallest absolute Gasteiger partial charge is 0.220 e. The third-order valence-electron chi connectivity index (χ3n) is 4.22. The fraction of sp³-hybridized carbons (Fsp3) is 0.227. The standard InChI is InChI=1S/C22H23NO4/c1-25-19-12-16(13-20(14-19)26-2)15-23-22(24)11-9-18-8-10-21(27-18)17-6-4-3-5-7-17/h3-8,10,12-14H,9,11,15H2,1-2H3,(H,23,24). The molecule has 0 saturated carbocycles. The van der Waals surface area contributed by atoms with E-state index in [1.807, 2.05) is 54.6 Å². The zero-order valence-corrected chi connectivity index (χ0v) is 15.5. The quantitative estimate of drug-likeness (QED) is 0.649. The van der Waals surface area contributed by atoms with Crippen LogP contribution in [0.4, 0.5) is 0 Å². The maximum absolute atomic E-state index is 12.2. The number of amides is 1. The summed E-state index contributed by atoms with van der Waals surface area (Å²) in [6, 6.07) is 19.3. The van der Waals surface area contributed by atoms with Crippen LogP contribution >= 0.6 is 0 Å². The number of hydrogen-bond donors (Lipinski definition) is 1. The van der Waals surface area contributed by atoms with Gasteiger partial charge < -0.3 is 19.2 Å². The van der Waals surface area contributed by atoms with E-state index in [9.17, 15) is 4.79 Å². The van der Waals surface area contributed by atoms with Crippen molar-refractivity contribution in [3.63, 3.8) is 0 Å². The second kappa shape index (κ2) is 8.94. The molecule has 0 spiro atoms. The van der Waals surface area contributed by atoms with E-state index in [1.165, 1.54) is 0 Å². The topological polar surface area (TPSA) is 60.7 Å². The third kappa shape index (κ3) is 5.14. The molecule has 2 aromatic carbocycles. The highest BCUT2D eigenvalue weighted by Crippen LogP contribution is 2.23. The molecule has 3 aromatic rings. The second-order valence-corrected chi connectivity index (χ2v) is 6.13. The van der Waals surface area contributed by atoms with Crippen LogP contribution in [0.15, 0.2) is 65.1 Å². The molecule has 0 atom stereocenters. The summed E-state index contributed by atoms with van der Waals surface area (Å²) >= 11 is 0. The molecule has 5 heteroatoms. The molecule has 1 aromatic heterocycles. The van der Waals surface area contributed by atoms with E-state index in [4.69, 9.17) is 13.9 Å². The van der Waals surface area contributed by atoms with Crippen LogP contribution in [0.2, 0.25) is 0 Å². The van der Waals surface area contributed by atoms with Gasteiger partial charge in [-0.05, 0) is 29.8 Å². The number of benzene rings is 2. The van der Waals surface area contributed by atoms with Crippen molar-refractivity contribution >= 4 is 5.91 Å². The molecule has 0 unspecified atom stereocenters. The summed E-state index contributed by atoms with van der Waals surface area (Å²) in [5.74, 6) is 2.97. The molecule has 0 bridgehead atoms. The number of nitrogens with one attached hydrogen (secondary N) is 1. The summed E-state index contributed by atoms with van der Waals surface area (Å²) in [6.07, 6.45) is 0.920. The summed E-state index contributed by atoms with van der Waals surface area (Å²) in [7, 11) is 3.20. The molecule has 0 radical (unpaired) electrons. The largest absolute Gasteiger partial charge is 0.497 e. The number of carbonyl (C=O) groups excluding carboxylic acids is 1. The first-order valence-corrected chi connectivity index (χ1v) is 8.80. The lowest BCUT2D eigenvalue weighted by molar-refractivity contribution is -0.121. The Morgan fingerprint density at radius 1 is 0.963 bits per heavy atom. The minimum absolute atomic E-state index is 0.0329. The van der Waals surface area contributed by atoms with Crippen LogP contribution in [0.1, 0.15) is 17.7 Å². The first kappa shape index (κ1) is 18.6. The summed E-state index contributed by atoms with van der Waals surface area (Å²) in [6.45, 7) is 0.416. The Morgan fingerprint density at radius 2 is 1.67 bits per heavy atom. The van der Waals surface area contributed by atoms with Crippen LogP contribution < -0.4 is 14.8 Å². The van der Waals surface area contributed by atoms with Gasteiger partial charge in [0.15, 0.2) is 0 Å². The van der Waals surface area contributed by atoms with E-state index in [0.717, 1.165) is 22.6 Å². The van der Waals surface area contributed by atoms with E-state index >= 15 is 0 Å². The Hall–Kier alpha value is -3.21. The maximum atomic E-state index is 12.2. The Balaban J connectivity index is 1.51. The van der Waals surface area contributed by atoms with Gasteiger partial charge in [0.25, 0.3) is 0 Å². The third-order valence-corrected chi connectivity index (χ3v) is 4.22. The fourth-order valence-corrected chi connectivity index (χ4v) is 2.76. The van der Waals surface area contributed by atoms with Gasteiger partial charge in [-0.25, -0.2) is 0 Å². The Kier molecular flexibility index (Phi) is 6.15. The van der Waals surface area contributed by atoms with Crippen molar-refractivity contribution in [3.8, 4) is 22.8 Å². The Labute approximate surface area is 158 Å². The summed E-state index contributed by atoms with van der Waals surface area (Å²) in [5, 5.41) is 2.92. The molecule has 0 aliphatic carbocycles. The average Bonchev–Trinajstić information content (AvgIpc) is 3.20. The molecule has 0 saturated heterocycles. The number of methoxy groups -OCH3 is 2. The molecule has 0 fully saturated rings. The predicted molar refractivity (Wildman–Crippen MR) is 104 cm³/mol. The minimum atomic E-state index is -0.0329. The van der Waals surface area contributed by atoms with Gasteiger partial charge in [0.05, 0.1) is 14.2 Å². The van der Waals surface area contributed by atoms with E-state index in [0.29, 0.717) is 30.9 Å². The Morgan fingerprint density at radius 3 is 2.33 bits per heavy atom. The van der Waals surface area contributed by atoms with E-state index in [-0.39, 0.29) is 5.91 Å². The first-order valence-electron chi connectivity index (χ1n) is 8.80. The van der Waals surface area contributed by atoms with E-state index in [2.05, 4.69) is 5.32 Å². The highest BCUT2D eigenvalue weighted by Gasteiger charge is 2.08. The molecule has 1 heterocycles. The number of carbonyl (C=O) groups is 1. The molecule has 0 aliphatic rings. The van der Waals surface area contributed by atoms with Crippen molar-refractivity contribution in [3.05, 3.63) is 72.0 Å². The fourth-order valence-electron chi connectivity index (χ4n) is 2.76. The normalized spacial score (nSPS) is 10.4. The minimum Gasteiger partial charge on any atom is -0.497 e. The van der Waals surface area contributed by atoms with Gasteiger partial charge in [0, 0.05) is 31.0 Å². The van der Waals surface area contributed by atoms with Crippen LogP contribution in [0, 0.1) is 0 Å². The van der Waals surface area contributed by atoms with Gasteiger partial charge in [-0.2, -0.15) is 0 Å². The SMILES string of the molecule is COc1cc(CNC(=O)CCc2ccc(-c3ccccc3)o2)cc(OC)c1. The highest BCUT2D eigenvalue weighted by atomic mass is 16.5. The molecule has 3 rings (SSSR count). The molecule has 1 N–H and O–H groups in total. The molecule has 1 amide bonds. The van der Waals surface area contributed by atoms with Gasteiger partial charge in [-0.15, -0.1) is 0 Å². The zero-order chi connectivity index (χ0) is 19.1. The van der Waals surface area contributed by atoms with Crippen LogP contribution in [0.5, 0.6) is 11.5 Å².